The molecule has 1 heterocycles. The van der Waals surface area contributed by atoms with E-state index >= 15 is 0 Å². The van der Waals surface area contributed by atoms with Crippen LogP contribution in [0.5, 0.6) is 5.75 Å². The van der Waals surface area contributed by atoms with Gasteiger partial charge in [0.25, 0.3) is 0 Å². The van der Waals surface area contributed by atoms with Crippen LogP contribution < -0.4 is 10.5 Å². The molecule has 108 valence electrons. The first-order valence-electron chi connectivity index (χ1n) is 6.57. The summed E-state index contributed by atoms with van der Waals surface area (Å²) in [5, 5.41) is 1.28. The van der Waals surface area contributed by atoms with Crippen molar-refractivity contribution in [3.8, 4) is 5.75 Å². The van der Waals surface area contributed by atoms with Crippen molar-refractivity contribution < 1.29 is 13.2 Å². The summed E-state index contributed by atoms with van der Waals surface area (Å²) in [5.41, 5.74) is 7.73. The van der Waals surface area contributed by atoms with Crippen LogP contribution in [0.15, 0.2) is 58.8 Å². The quantitative estimate of drug-likeness (QED) is 0.941. The molecule has 0 unspecified atom stereocenters. The molecule has 4 nitrogen and oxygen atoms in total. The van der Waals surface area contributed by atoms with Gasteiger partial charge in [-0.1, -0.05) is 30.3 Å². The molecule has 3 rings (SSSR count). The normalized spacial score (nSPS) is 15.4. The van der Waals surface area contributed by atoms with Crippen molar-refractivity contribution in [2.24, 2.45) is 5.73 Å². The van der Waals surface area contributed by atoms with Gasteiger partial charge in [0, 0.05) is 23.1 Å². The summed E-state index contributed by atoms with van der Waals surface area (Å²) in [6, 6.07) is 14.6. The van der Waals surface area contributed by atoms with Crippen molar-refractivity contribution >= 4 is 15.4 Å². The minimum absolute atomic E-state index is 0.220. The van der Waals surface area contributed by atoms with Gasteiger partial charge in [0.2, 0.25) is 9.84 Å². The van der Waals surface area contributed by atoms with Crippen molar-refractivity contribution in [3.05, 3.63) is 65.1 Å². The average Bonchev–Trinajstić information content (AvgIpc) is 2.77. The Bertz CT molecular complexity index is 796. The smallest absolute Gasteiger partial charge is 0.200 e. The largest absolute Gasteiger partial charge is 0.489 e. The molecule has 0 atom stereocenters. The second kappa shape index (κ2) is 5.35. The summed E-state index contributed by atoms with van der Waals surface area (Å²) in [5.74, 6) is 0.711. The van der Waals surface area contributed by atoms with Crippen LogP contribution in [-0.4, -0.2) is 15.0 Å². The number of sulfone groups is 1. The summed E-state index contributed by atoms with van der Waals surface area (Å²) >= 11 is 0. The first-order chi connectivity index (χ1) is 10.1. The highest BCUT2D eigenvalue weighted by molar-refractivity contribution is 7.95. The Hall–Kier alpha value is -2.11. The van der Waals surface area contributed by atoms with Gasteiger partial charge in [0.1, 0.15) is 12.4 Å². The Balaban J connectivity index is 1.89. The van der Waals surface area contributed by atoms with Crippen molar-refractivity contribution in [3.63, 3.8) is 0 Å². The lowest BCUT2D eigenvalue weighted by Crippen LogP contribution is -2.01. The van der Waals surface area contributed by atoms with E-state index in [-0.39, 0.29) is 6.61 Å². The molecule has 0 aromatic heterocycles. The van der Waals surface area contributed by atoms with Gasteiger partial charge >= 0.3 is 0 Å². The van der Waals surface area contributed by atoms with Crippen molar-refractivity contribution in [1.29, 1.82) is 0 Å². The summed E-state index contributed by atoms with van der Waals surface area (Å²) in [6.07, 6.45) is 0. The molecule has 2 aromatic carbocycles. The Labute approximate surface area is 123 Å². The standard InChI is InChI=1S/C16H15NO3S/c17-9-12-6-7-15-13(11-21(18,19)16(15)8-12)10-20-14-4-2-1-3-5-14/h1-8,11H,9-10,17H2. The van der Waals surface area contributed by atoms with Crippen molar-refractivity contribution in [2.45, 2.75) is 11.4 Å². The Morgan fingerprint density at radius 3 is 2.52 bits per heavy atom. The van der Waals surface area contributed by atoms with Crippen LogP contribution in [0, 0.1) is 0 Å². The van der Waals surface area contributed by atoms with Crippen LogP contribution in [-0.2, 0) is 16.4 Å². The van der Waals surface area contributed by atoms with Crippen LogP contribution >= 0.6 is 0 Å². The van der Waals surface area contributed by atoms with Crippen molar-refractivity contribution in [2.75, 3.05) is 6.61 Å². The molecular weight excluding hydrogens is 286 g/mol. The maximum atomic E-state index is 12.2. The van der Waals surface area contributed by atoms with Gasteiger partial charge in [-0.05, 0) is 23.8 Å². The van der Waals surface area contributed by atoms with Gasteiger partial charge in [-0.2, -0.15) is 0 Å². The molecule has 0 saturated carbocycles. The second-order valence-corrected chi connectivity index (χ2v) is 6.59. The van der Waals surface area contributed by atoms with Crippen LogP contribution in [0.3, 0.4) is 0 Å². The molecule has 0 aliphatic carbocycles. The van der Waals surface area contributed by atoms with Gasteiger partial charge in [0.05, 0.1) is 4.90 Å². The number of ether oxygens (including phenoxy) is 1. The number of rotatable bonds is 4. The Kier molecular flexibility index (Phi) is 3.53. The predicted molar refractivity (Wildman–Crippen MR) is 81.4 cm³/mol. The van der Waals surface area contributed by atoms with E-state index in [4.69, 9.17) is 10.5 Å². The monoisotopic (exact) mass is 301 g/mol. The third-order valence-electron chi connectivity index (χ3n) is 3.37. The van der Waals surface area contributed by atoms with Crippen LogP contribution in [0.4, 0.5) is 0 Å². The molecule has 1 aliphatic rings. The highest BCUT2D eigenvalue weighted by Gasteiger charge is 2.27. The van der Waals surface area contributed by atoms with E-state index in [2.05, 4.69) is 0 Å². The third kappa shape index (κ3) is 2.70. The molecule has 0 saturated heterocycles. The topological polar surface area (TPSA) is 69.4 Å². The summed E-state index contributed by atoms with van der Waals surface area (Å²) in [6.45, 7) is 0.539. The lowest BCUT2D eigenvalue weighted by atomic mass is 10.1. The lowest BCUT2D eigenvalue weighted by Gasteiger charge is -2.08. The summed E-state index contributed by atoms with van der Waals surface area (Å²) in [7, 11) is -3.39. The molecule has 0 amide bonds. The molecule has 0 spiro atoms. The van der Waals surface area contributed by atoms with Gasteiger partial charge in [0.15, 0.2) is 0 Å². The van der Waals surface area contributed by atoms with E-state index in [0.717, 1.165) is 5.56 Å². The van der Waals surface area contributed by atoms with E-state index in [1.807, 2.05) is 36.4 Å². The number of fused-ring (bicyclic) bond motifs is 1. The molecule has 2 N–H and O–H groups in total. The number of benzene rings is 2. The first-order valence-corrected chi connectivity index (χ1v) is 8.12. The Morgan fingerprint density at radius 1 is 1.05 bits per heavy atom. The van der Waals surface area contributed by atoms with E-state index in [1.54, 1.807) is 12.1 Å². The molecule has 0 bridgehead atoms. The fourth-order valence-electron chi connectivity index (χ4n) is 2.30. The molecular formula is C16H15NO3S. The molecule has 21 heavy (non-hydrogen) atoms. The molecule has 2 aromatic rings. The fourth-order valence-corrected chi connectivity index (χ4v) is 3.82. The van der Waals surface area contributed by atoms with E-state index in [0.29, 0.717) is 28.3 Å². The van der Waals surface area contributed by atoms with Crippen LogP contribution in [0.1, 0.15) is 11.1 Å². The minimum Gasteiger partial charge on any atom is -0.489 e. The zero-order valence-electron chi connectivity index (χ0n) is 11.3. The molecule has 0 fully saturated rings. The van der Waals surface area contributed by atoms with E-state index < -0.39 is 9.84 Å². The third-order valence-corrected chi connectivity index (χ3v) is 4.91. The van der Waals surface area contributed by atoms with Crippen LogP contribution in [0.25, 0.3) is 5.57 Å². The van der Waals surface area contributed by atoms with Crippen LogP contribution in [0.2, 0.25) is 0 Å². The summed E-state index contributed by atoms with van der Waals surface area (Å²) < 4.78 is 30.0. The number of para-hydroxylation sites is 1. The van der Waals surface area contributed by atoms with E-state index in [1.165, 1.54) is 5.41 Å². The SMILES string of the molecule is NCc1ccc2c(c1)S(=O)(=O)C=C2COc1ccccc1. The number of hydrogen-bond donors (Lipinski definition) is 1. The Morgan fingerprint density at radius 2 is 1.81 bits per heavy atom. The highest BCUT2D eigenvalue weighted by atomic mass is 32.2. The number of nitrogens with two attached hydrogens (primary N) is 1. The maximum absolute atomic E-state index is 12.2. The van der Waals surface area contributed by atoms with Gasteiger partial charge in [-0.3, -0.25) is 0 Å². The zero-order valence-corrected chi connectivity index (χ0v) is 12.1. The van der Waals surface area contributed by atoms with Crippen molar-refractivity contribution in [1.82, 2.24) is 0 Å². The summed E-state index contributed by atoms with van der Waals surface area (Å²) in [4.78, 5) is 0.317. The zero-order chi connectivity index (χ0) is 14.9. The highest BCUT2D eigenvalue weighted by Crippen LogP contribution is 2.34. The molecule has 1 aliphatic heterocycles. The minimum atomic E-state index is -3.39. The fraction of sp³-hybridized carbons (Fsp3) is 0.125. The first kappa shape index (κ1) is 13.9. The van der Waals surface area contributed by atoms with Gasteiger partial charge in [-0.15, -0.1) is 0 Å². The lowest BCUT2D eigenvalue weighted by molar-refractivity contribution is 0.370. The van der Waals surface area contributed by atoms with E-state index in [9.17, 15) is 8.42 Å². The molecule has 0 radical (unpaired) electrons. The second-order valence-electron chi connectivity index (χ2n) is 4.82. The van der Waals surface area contributed by atoms with Gasteiger partial charge < -0.3 is 10.5 Å². The van der Waals surface area contributed by atoms with Gasteiger partial charge in [-0.25, -0.2) is 8.42 Å². The number of hydrogen-bond acceptors (Lipinski definition) is 4. The predicted octanol–water partition coefficient (Wildman–Crippen LogP) is 2.35. The maximum Gasteiger partial charge on any atom is 0.200 e. The average molecular weight is 301 g/mol. The molecule has 5 heteroatoms.